The van der Waals surface area contributed by atoms with E-state index >= 15 is 0 Å². The summed E-state index contributed by atoms with van der Waals surface area (Å²) in [6.07, 6.45) is 2.26. The molecule has 0 atom stereocenters. The molecule has 0 fully saturated rings. The molecule has 0 heterocycles. The number of rotatable bonds is 11. The van der Waals surface area contributed by atoms with Gasteiger partial charge >= 0.3 is 0 Å². The highest BCUT2D eigenvalue weighted by Crippen LogP contribution is 1.90. The van der Waals surface area contributed by atoms with E-state index in [-0.39, 0.29) is 0 Å². The van der Waals surface area contributed by atoms with E-state index in [9.17, 15) is 0 Å². The molecule has 0 spiro atoms. The summed E-state index contributed by atoms with van der Waals surface area (Å²) in [7, 11) is 2.18. The van der Waals surface area contributed by atoms with E-state index in [1.807, 2.05) is 0 Å². The zero-order valence-electron chi connectivity index (χ0n) is 11.6. The fourth-order valence-corrected chi connectivity index (χ4v) is 1.46. The average molecular weight is 230 g/mol. The Morgan fingerprint density at radius 1 is 1.19 bits per heavy atom. The first-order valence-corrected chi connectivity index (χ1v) is 6.63. The minimum Gasteiger partial charge on any atom is -0.381 e. The predicted octanol–water partition coefficient (Wildman–Crippen LogP) is 1.98. The van der Waals surface area contributed by atoms with Crippen molar-refractivity contribution < 1.29 is 4.74 Å². The van der Waals surface area contributed by atoms with Crippen LogP contribution in [0.25, 0.3) is 0 Å². The molecule has 0 aromatic carbocycles. The zero-order valence-corrected chi connectivity index (χ0v) is 11.6. The Labute approximate surface area is 102 Å². The van der Waals surface area contributed by atoms with E-state index in [0.717, 1.165) is 58.2 Å². The molecule has 0 saturated heterocycles. The molecule has 0 saturated carbocycles. The summed E-state index contributed by atoms with van der Waals surface area (Å²) in [6.45, 7) is 12.9. The maximum absolute atomic E-state index is 5.45. The molecule has 0 unspecified atom stereocenters. The normalized spacial score (nSPS) is 11.6. The molecule has 3 heteroatoms. The lowest BCUT2D eigenvalue weighted by atomic mass is 10.2. The average Bonchev–Trinajstić information content (AvgIpc) is 2.24. The third-order valence-corrected chi connectivity index (χ3v) is 2.40. The molecular formula is C13H30N2O. The van der Waals surface area contributed by atoms with Crippen LogP contribution in [0.3, 0.4) is 0 Å². The molecule has 1 N–H and O–H groups in total. The first-order chi connectivity index (χ1) is 7.66. The molecule has 0 aromatic rings. The summed E-state index contributed by atoms with van der Waals surface area (Å²) in [5, 5.41) is 3.45. The van der Waals surface area contributed by atoms with Gasteiger partial charge in [-0.2, -0.15) is 0 Å². The summed E-state index contributed by atoms with van der Waals surface area (Å²) < 4.78 is 5.45. The maximum Gasteiger partial charge on any atom is 0.0478 e. The fourth-order valence-electron chi connectivity index (χ4n) is 1.46. The van der Waals surface area contributed by atoms with Crippen molar-refractivity contribution in [1.29, 1.82) is 0 Å². The molecule has 0 bridgehead atoms. The van der Waals surface area contributed by atoms with E-state index in [0.29, 0.717) is 0 Å². The first-order valence-electron chi connectivity index (χ1n) is 6.63. The molecule has 16 heavy (non-hydrogen) atoms. The number of ether oxygens (including phenoxy) is 1. The Hall–Kier alpha value is -0.120. The van der Waals surface area contributed by atoms with Crippen molar-refractivity contribution in [3.05, 3.63) is 0 Å². The van der Waals surface area contributed by atoms with Crippen LogP contribution in [0.2, 0.25) is 0 Å². The number of hydrogen-bond acceptors (Lipinski definition) is 3. The van der Waals surface area contributed by atoms with Gasteiger partial charge in [0, 0.05) is 32.8 Å². The lowest BCUT2D eigenvalue weighted by Gasteiger charge is -2.17. The van der Waals surface area contributed by atoms with Crippen LogP contribution in [0.1, 0.15) is 33.6 Å². The van der Waals surface area contributed by atoms with Gasteiger partial charge in [0.15, 0.2) is 0 Å². The first kappa shape index (κ1) is 15.9. The second-order valence-electron chi connectivity index (χ2n) is 4.87. The summed E-state index contributed by atoms with van der Waals surface area (Å²) in [5.41, 5.74) is 0. The monoisotopic (exact) mass is 230 g/mol. The summed E-state index contributed by atoms with van der Waals surface area (Å²) >= 11 is 0. The Balaban J connectivity index is 3.15. The third kappa shape index (κ3) is 12.0. The molecular weight excluding hydrogens is 200 g/mol. The smallest absolute Gasteiger partial charge is 0.0478 e. The van der Waals surface area contributed by atoms with Crippen molar-refractivity contribution >= 4 is 0 Å². The van der Waals surface area contributed by atoms with Crippen LogP contribution in [0, 0.1) is 5.92 Å². The molecule has 0 radical (unpaired) electrons. The quantitative estimate of drug-likeness (QED) is 0.549. The van der Waals surface area contributed by atoms with Gasteiger partial charge in [0.05, 0.1) is 0 Å². The number of nitrogens with one attached hydrogen (secondary N) is 1. The SMILES string of the molecule is CCCOCCCN(C)CCNCC(C)C. The Kier molecular flexibility index (Phi) is 11.3. The van der Waals surface area contributed by atoms with Gasteiger partial charge in [-0.25, -0.2) is 0 Å². The van der Waals surface area contributed by atoms with Gasteiger partial charge in [-0.15, -0.1) is 0 Å². The Bertz CT molecular complexity index is 140. The van der Waals surface area contributed by atoms with E-state index in [2.05, 4.69) is 38.0 Å². The van der Waals surface area contributed by atoms with Gasteiger partial charge in [0.2, 0.25) is 0 Å². The molecule has 98 valence electrons. The maximum atomic E-state index is 5.45. The van der Waals surface area contributed by atoms with Gasteiger partial charge in [-0.05, 0) is 32.4 Å². The van der Waals surface area contributed by atoms with Crippen LogP contribution in [-0.4, -0.2) is 51.3 Å². The molecule has 0 aliphatic rings. The number of nitrogens with zero attached hydrogens (tertiary/aromatic N) is 1. The Morgan fingerprint density at radius 3 is 2.56 bits per heavy atom. The van der Waals surface area contributed by atoms with Gasteiger partial charge in [0.1, 0.15) is 0 Å². The highest BCUT2D eigenvalue weighted by molar-refractivity contribution is 4.56. The van der Waals surface area contributed by atoms with Crippen LogP contribution < -0.4 is 5.32 Å². The minimum atomic E-state index is 0.743. The van der Waals surface area contributed by atoms with Crippen LogP contribution in [-0.2, 0) is 4.74 Å². The number of hydrogen-bond donors (Lipinski definition) is 1. The molecule has 0 aliphatic heterocycles. The third-order valence-electron chi connectivity index (χ3n) is 2.40. The fraction of sp³-hybridized carbons (Fsp3) is 1.00. The van der Waals surface area contributed by atoms with Gasteiger partial charge in [0.25, 0.3) is 0 Å². The molecule has 3 nitrogen and oxygen atoms in total. The van der Waals surface area contributed by atoms with Gasteiger partial charge < -0.3 is 15.0 Å². The molecule has 0 aromatic heterocycles. The lowest BCUT2D eigenvalue weighted by molar-refractivity contribution is 0.124. The second kappa shape index (κ2) is 11.4. The van der Waals surface area contributed by atoms with Crippen molar-refractivity contribution in [3.8, 4) is 0 Å². The van der Waals surface area contributed by atoms with Crippen molar-refractivity contribution in [3.63, 3.8) is 0 Å². The van der Waals surface area contributed by atoms with E-state index in [4.69, 9.17) is 4.74 Å². The zero-order chi connectivity index (χ0) is 12.2. The standard InChI is InChI=1S/C13H30N2O/c1-5-10-16-11-6-8-15(4)9-7-14-12-13(2)3/h13-14H,5-12H2,1-4H3. The van der Waals surface area contributed by atoms with Crippen molar-refractivity contribution in [2.24, 2.45) is 5.92 Å². The Morgan fingerprint density at radius 2 is 1.94 bits per heavy atom. The van der Waals surface area contributed by atoms with Crippen molar-refractivity contribution in [1.82, 2.24) is 10.2 Å². The van der Waals surface area contributed by atoms with E-state index < -0.39 is 0 Å². The highest BCUT2D eigenvalue weighted by atomic mass is 16.5. The summed E-state index contributed by atoms with van der Waals surface area (Å²) in [6, 6.07) is 0. The van der Waals surface area contributed by atoms with Crippen molar-refractivity contribution in [2.75, 3.05) is 46.4 Å². The van der Waals surface area contributed by atoms with E-state index in [1.165, 1.54) is 0 Å². The van der Waals surface area contributed by atoms with Crippen LogP contribution in [0.15, 0.2) is 0 Å². The van der Waals surface area contributed by atoms with Crippen LogP contribution in [0.4, 0.5) is 0 Å². The summed E-state index contributed by atoms with van der Waals surface area (Å²) in [5.74, 6) is 0.743. The van der Waals surface area contributed by atoms with Gasteiger partial charge in [-0.3, -0.25) is 0 Å². The predicted molar refractivity (Wildman–Crippen MR) is 70.9 cm³/mol. The van der Waals surface area contributed by atoms with Crippen LogP contribution >= 0.6 is 0 Å². The second-order valence-corrected chi connectivity index (χ2v) is 4.87. The topological polar surface area (TPSA) is 24.5 Å². The molecule has 0 aliphatic carbocycles. The largest absolute Gasteiger partial charge is 0.381 e. The van der Waals surface area contributed by atoms with Gasteiger partial charge in [-0.1, -0.05) is 20.8 Å². The highest BCUT2D eigenvalue weighted by Gasteiger charge is 1.98. The van der Waals surface area contributed by atoms with Crippen molar-refractivity contribution in [2.45, 2.75) is 33.6 Å². The summed E-state index contributed by atoms with van der Waals surface area (Å²) in [4.78, 5) is 2.36. The van der Waals surface area contributed by atoms with Crippen LogP contribution in [0.5, 0.6) is 0 Å². The number of likely N-dealkylation sites (N-methyl/N-ethyl adjacent to an activating group) is 1. The molecule has 0 rings (SSSR count). The van der Waals surface area contributed by atoms with E-state index in [1.54, 1.807) is 0 Å². The minimum absolute atomic E-state index is 0.743. The lowest BCUT2D eigenvalue weighted by Crippen LogP contribution is -2.32. The molecule has 0 amide bonds.